The van der Waals surface area contributed by atoms with Crippen molar-refractivity contribution >= 4 is 29.8 Å². The number of carbonyl (C=O) groups is 3. The lowest BCUT2D eigenvalue weighted by Crippen LogP contribution is -2.49. The normalized spacial score (nSPS) is 17.8. The molecule has 1 aromatic rings. The zero-order valence-electron chi connectivity index (χ0n) is 17.5. The molecule has 1 heterocycles. The number of benzene rings is 1. The summed E-state index contributed by atoms with van der Waals surface area (Å²) in [5, 5.41) is 2.77. The van der Waals surface area contributed by atoms with Crippen molar-refractivity contribution in [2.45, 2.75) is 64.2 Å². The van der Waals surface area contributed by atoms with Gasteiger partial charge in [-0.3, -0.25) is 9.59 Å². The number of ether oxygens (including phenoxy) is 3. The first-order chi connectivity index (χ1) is 13.5. The summed E-state index contributed by atoms with van der Waals surface area (Å²) in [7, 11) is 0. The van der Waals surface area contributed by atoms with Crippen molar-refractivity contribution in [2.75, 3.05) is 5.75 Å². The molecule has 1 saturated heterocycles. The van der Waals surface area contributed by atoms with Gasteiger partial charge in [0.1, 0.15) is 5.60 Å². The van der Waals surface area contributed by atoms with Crippen molar-refractivity contribution in [3.63, 3.8) is 0 Å². The quantitative estimate of drug-likeness (QED) is 0.529. The Bertz CT molecular complexity index is 708. The van der Waals surface area contributed by atoms with Crippen LogP contribution in [-0.2, 0) is 29.6 Å². The van der Waals surface area contributed by atoms with Gasteiger partial charge in [0.05, 0.1) is 0 Å². The fourth-order valence-corrected chi connectivity index (χ4v) is 3.81. The second-order valence-electron chi connectivity index (χ2n) is 8.37. The van der Waals surface area contributed by atoms with Crippen molar-refractivity contribution < 1.29 is 28.6 Å². The molecule has 0 aromatic heterocycles. The molecule has 1 aliphatic rings. The number of amides is 1. The molecule has 0 spiro atoms. The van der Waals surface area contributed by atoms with E-state index < -0.39 is 41.4 Å². The van der Waals surface area contributed by atoms with Crippen molar-refractivity contribution in [3.8, 4) is 0 Å². The molecule has 1 amide bonds. The number of cyclic esters (lactones) is 2. The summed E-state index contributed by atoms with van der Waals surface area (Å²) < 4.78 is 15.7. The molecule has 0 bridgehead atoms. The third-order valence-corrected chi connectivity index (χ3v) is 5.11. The van der Waals surface area contributed by atoms with E-state index in [9.17, 15) is 14.4 Å². The highest BCUT2D eigenvalue weighted by Gasteiger charge is 2.44. The van der Waals surface area contributed by atoms with Crippen LogP contribution in [0.4, 0.5) is 4.79 Å². The average Bonchev–Trinajstić information content (AvgIpc) is 2.56. The van der Waals surface area contributed by atoms with E-state index in [1.54, 1.807) is 32.5 Å². The number of alkyl carbamates (subject to hydrolysis) is 1. The molecule has 8 heteroatoms. The minimum Gasteiger partial charge on any atom is -0.444 e. The fourth-order valence-electron chi connectivity index (χ4n) is 2.76. The van der Waals surface area contributed by atoms with Gasteiger partial charge in [-0.25, -0.2) is 4.79 Å². The van der Waals surface area contributed by atoms with Gasteiger partial charge >= 0.3 is 18.0 Å². The SMILES string of the molecule is CC(C)(C)OC(=O)N[C@@H](CSCc1ccccc1)CC1C(=O)OC(C)(C)OC1=O. The first-order valence-electron chi connectivity index (χ1n) is 9.52. The van der Waals surface area contributed by atoms with Gasteiger partial charge in [-0.2, -0.15) is 11.8 Å². The molecule has 0 unspecified atom stereocenters. The third kappa shape index (κ3) is 7.97. The summed E-state index contributed by atoms with van der Waals surface area (Å²) in [6.45, 7) is 8.31. The summed E-state index contributed by atoms with van der Waals surface area (Å²) >= 11 is 1.59. The van der Waals surface area contributed by atoms with Gasteiger partial charge < -0.3 is 19.5 Å². The summed E-state index contributed by atoms with van der Waals surface area (Å²) in [6, 6.07) is 9.43. The van der Waals surface area contributed by atoms with Gasteiger partial charge in [-0.1, -0.05) is 30.3 Å². The summed E-state index contributed by atoms with van der Waals surface area (Å²) in [4.78, 5) is 36.8. The Morgan fingerprint density at radius 1 is 1.17 bits per heavy atom. The van der Waals surface area contributed by atoms with E-state index in [-0.39, 0.29) is 6.42 Å². The lowest BCUT2D eigenvalue weighted by atomic mass is 9.99. The van der Waals surface area contributed by atoms with Gasteiger partial charge in [0.25, 0.3) is 5.79 Å². The number of thioether (sulfide) groups is 1. The number of hydrogen-bond donors (Lipinski definition) is 1. The van der Waals surface area contributed by atoms with Crippen LogP contribution in [0, 0.1) is 5.92 Å². The Labute approximate surface area is 175 Å². The fraction of sp³-hybridized carbons (Fsp3) is 0.571. The number of nitrogens with one attached hydrogen (secondary N) is 1. The second kappa shape index (κ2) is 9.52. The Morgan fingerprint density at radius 3 is 2.31 bits per heavy atom. The van der Waals surface area contributed by atoms with Crippen molar-refractivity contribution in [1.82, 2.24) is 5.32 Å². The summed E-state index contributed by atoms with van der Waals surface area (Å²) in [5.41, 5.74) is 0.491. The number of esters is 2. The smallest absolute Gasteiger partial charge is 0.407 e. The zero-order chi connectivity index (χ0) is 21.7. The Hall–Kier alpha value is -2.22. The van der Waals surface area contributed by atoms with Crippen LogP contribution in [0.1, 0.15) is 46.6 Å². The van der Waals surface area contributed by atoms with Gasteiger partial charge in [-0.05, 0) is 32.8 Å². The molecule has 29 heavy (non-hydrogen) atoms. The molecule has 1 atom stereocenters. The van der Waals surface area contributed by atoms with Gasteiger partial charge in [0.15, 0.2) is 5.92 Å². The predicted molar refractivity (Wildman–Crippen MR) is 110 cm³/mol. The Balaban J connectivity index is 2.02. The molecule has 160 valence electrons. The topological polar surface area (TPSA) is 90.9 Å². The van der Waals surface area contributed by atoms with Crippen LogP contribution in [0.5, 0.6) is 0 Å². The molecular formula is C21H29NO6S. The number of rotatable bonds is 7. The first kappa shape index (κ1) is 23.1. The van der Waals surface area contributed by atoms with Crippen molar-refractivity contribution in [3.05, 3.63) is 35.9 Å². The van der Waals surface area contributed by atoms with E-state index in [4.69, 9.17) is 14.2 Å². The maximum Gasteiger partial charge on any atom is 0.407 e. The molecular weight excluding hydrogens is 394 g/mol. The monoisotopic (exact) mass is 423 g/mol. The summed E-state index contributed by atoms with van der Waals surface area (Å²) in [6.07, 6.45) is -0.518. The zero-order valence-corrected chi connectivity index (χ0v) is 18.3. The van der Waals surface area contributed by atoms with Gasteiger partial charge in [0, 0.05) is 31.4 Å². The second-order valence-corrected chi connectivity index (χ2v) is 9.40. The maximum absolute atomic E-state index is 12.3. The molecule has 7 nitrogen and oxygen atoms in total. The first-order valence-corrected chi connectivity index (χ1v) is 10.7. The van der Waals surface area contributed by atoms with Crippen LogP contribution in [-0.4, -0.2) is 41.2 Å². The van der Waals surface area contributed by atoms with E-state index in [1.165, 1.54) is 13.8 Å². The Kier molecular flexibility index (Phi) is 7.57. The standard InChI is InChI=1S/C21H29NO6S/c1-20(2,3)28-19(25)22-15(13-29-12-14-9-7-6-8-10-14)11-16-17(23)26-21(4,5)27-18(16)24/h6-10,15-16H,11-13H2,1-5H3,(H,22,25)/t15-/m1/s1. The van der Waals surface area contributed by atoms with Crippen LogP contribution in [0.3, 0.4) is 0 Å². The molecule has 1 fully saturated rings. The van der Waals surface area contributed by atoms with Crippen molar-refractivity contribution in [1.29, 1.82) is 0 Å². The van der Waals surface area contributed by atoms with Gasteiger partial charge in [-0.15, -0.1) is 0 Å². The number of hydrogen-bond acceptors (Lipinski definition) is 7. The van der Waals surface area contributed by atoms with E-state index in [2.05, 4.69) is 5.32 Å². The number of carbonyl (C=O) groups excluding carboxylic acids is 3. The Morgan fingerprint density at radius 2 is 1.76 bits per heavy atom. The van der Waals surface area contributed by atoms with Crippen LogP contribution >= 0.6 is 11.8 Å². The molecule has 1 aliphatic heterocycles. The van der Waals surface area contributed by atoms with E-state index in [0.29, 0.717) is 5.75 Å². The van der Waals surface area contributed by atoms with Crippen LogP contribution < -0.4 is 5.32 Å². The lowest BCUT2D eigenvalue weighted by molar-refractivity contribution is -0.240. The average molecular weight is 424 g/mol. The molecule has 0 saturated carbocycles. The van der Waals surface area contributed by atoms with E-state index in [1.807, 2.05) is 30.3 Å². The molecule has 0 aliphatic carbocycles. The minimum absolute atomic E-state index is 0.0782. The van der Waals surface area contributed by atoms with Crippen molar-refractivity contribution in [2.24, 2.45) is 5.92 Å². The van der Waals surface area contributed by atoms with E-state index >= 15 is 0 Å². The minimum atomic E-state index is -1.28. The van der Waals surface area contributed by atoms with E-state index in [0.717, 1.165) is 11.3 Å². The third-order valence-electron chi connectivity index (χ3n) is 3.93. The van der Waals surface area contributed by atoms with Crippen LogP contribution in [0.15, 0.2) is 30.3 Å². The highest BCUT2D eigenvalue weighted by molar-refractivity contribution is 7.98. The maximum atomic E-state index is 12.3. The lowest BCUT2D eigenvalue weighted by Gasteiger charge is -2.34. The van der Waals surface area contributed by atoms with Gasteiger partial charge in [0.2, 0.25) is 0 Å². The highest BCUT2D eigenvalue weighted by Crippen LogP contribution is 2.27. The summed E-state index contributed by atoms with van der Waals surface area (Å²) in [5.74, 6) is -2.42. The van der Waals surface area contributed by atoms with Crippen LogP contribution in [0.2, 0.25) is 0 Å². The molecule has 0 radical (unpaired) electrons. The van der Waals surface area contributed by atoms with Crippen LogP contribution in [0.25, 0.3) is 0 Å². The highest BCUT2D eigenvalue weighted by atomic mass is 32.2. The molecule has 1 aromatic carbocycles. The molecule has 1 N–H and O–H groups in total. The largest absolute Gasteiger partial charge is 0.444 e. The molecule has 2 rings (SSSR count). The predicted octanol–water partition coefficient (Wildman–Crippen LogP) is 3.66.